The molecule has 108 valence electrons. The minimum atomic E-state index is -3.16. The molecule has 0 amide bonds. The summed E-state index contributed by atoms with van der Waals surface area (Å²) in [4.78, 5) is 4.61. The third kappa shape index (κ3) is 3.26. The number of rotatable bonds is 5. The van der Waals surface area contributed by atoms with Gasteiger partial charge in [-0.2, -0.15) is 0 Å². The van der Waals surface area contributed by atoms with Gasteiger partial charge >= 0.3 is 0 Å². The summed E-state index contributed by atoms with van der Waals surface area (Å²) in [5.41, 5.74) is 7.07. The lowest BCUT2D eigenvalue weighted by molar-refractivity contribution is 0.601. The standard InChI is InChI=1S/C14H19N3O2S/c1-3-17-9-8-16-14(17)10-13(15)11-4-6-12(7-5-11)20(2,18)19/h4-9,13H,3,10,15H2,1-2H3. The first-order valence-electron chi connectivity index (χ1n) is 6.47. The second kappa shape index (κ2) is 5.76. The Hall–Kier alpha value is -1.66. The maximum Gasteiger partial charge on any atom is 0.175 e. The molecule has 1 aromatic carbocycles. The van der Waals surface area contributed by atoms with E-state index in [0.717, 1.165) is 17.9 Å². The van der Waals surface area contributed by atoms with Crippen LogP contribution in [0.15, 0.2) is 41.6 Å². The topological polar surface area (TPSA) is 78.0 Å². The smallest absolute Gasteiger partial charge is 0.175 e. The number of benzene rings is 1. The molecule has 0 aliphatic carbocycles. The molecule has 1 aromatic heterocycles. The first kappa shape index (κ1) is 14.7. The lowest BCUT2D eigenvalue weighted by atomic mass is 10.0. The summed E-state index contributed by atoms with van der Waals surface area (Å²) in [6, 6.07) is 6.52. The van der Waals surface area contributed by atoms with Crippen LogP contribution in [-0.4, -0.2) is 24.2 Å². The molecule has 1 unspecified atom stereocenters. The highest BCUT2D eigenvalue weighted by Crippen LogP contribution is 2.18. The van der Waals surface area contributed by atoms with Gasteiger partial charge in [0, 0.05) is 37.7 Å². The van der Waals surface area contributed by atoms with Crippen molar-refractivity contribution in [1.29, 1.82) is 0 Å². The molecule has 0 bridgehead atoms. The van der Waals surface area contributed by atoms with Crippen LogP contribution in [0.3, 0.4) is 0 Å². The molecule has 2 aromatic rings. The highest BCUT2D eigenvalue weighted by molar-refractivity contribution is 7.90. The Bertz CT molecular complexity index is 675. The Morgan fingerprint density at radius 1 is 1.30 bits per heavy atom. The van der Waals surface area contributed by atoms with Crippen molar-refractivity contribution < 1.29 is 8.42 Å². The highest BCUT2D eigenvalue weighted by Gasteiger charge is 2.12. The molecule has 0 radical (unpaired) electrons. The maximum atomic E-state index is 11.4. The molecule has 0 saturated heterocycles. The van der Waals surface area contributed by atoms with Crippen molar-refractivity contribution in [3.63, 3.8) is 0 Å². The molecule has 0 spiro atoms. The zero-order chi connectivity index (χ0) is 14.8. The number of aromatic nitrogens is 2. The van der Waals surface area contributed by atoms with Gasteiger partial charge in [-0.05, 0) is 24.6 Å². The quantitative estimate of drug-likeness (QED) is 0.907. The van der Waals surface area contributed by atoms with E-state index in [1.807, 2.05) is 10.8 Å². The molecule has 2 N–H and O–H groups in total. The lowest BCUT2D eigenvalue weighted by Crippen LogP contribution is -2.16. The first-order chi connectivity index (χ1) is 9.41. The van der Waals surface area contributed by atoms with Gasteiger partial charge < -0.3 is 10.3 Å². The molecular formula is C14H19N3O2S. The first-order valence-corrected chi connectivity index (χ1v) is 8.36. The number of hydrogen-bond donors (Lipinski definition) is 1. The molecule has 20 heavy (non-hydrogen) atoms. The van der Waals surface area contributed by atoms with Gasteiger partial charge in [-0.15, -0.1) is 0 Å². The molecule has 2 rings (SSSR count). The van der Waals surface area contributed by atoms with E-state index in [2.05, 4.69) is 11.9 Å². The fraction of sp³-hybridized carbons (Fsp3) is 0.357. The van der Waals surface area contributed by atoms with Crippen LogP contribution in [-0.2, 0) is 22.8 Å². The SMILES string of the molecule is CCn1ccnc1CC(N)c1ccc(S(C)(=O)=O)cc1. The fourth-order valence-corrected chi connectivity index (χ4v) is 2.73. The molecular weight excluding hydrogens is 274 g/mol. The predicted octanol–water partition coefficient (Wildman–Crippen LogP) is 1.55. The van der Waals surface area contributed by atoms with E-state index in [1.165, 1.54) is 6.26 Å². The Labute approximate surface area is 119 Å². The number of hydrogen-bond acceptors (Lipinski definition) is 4. The Morgan fingerprint density at radius 3 is 2.50 bits per heavy atom. The van der Waals surface area contributed by atoms with Crippen molar-refractivity contribution in [2.45, 2.75) is 30.8 Å². The second-order valence-electron chi connectivity index (χ2n) is 4.78. The summed E-state index contributed by atoms with van der Waals surface area (Å²) in [6.07, 6.45) is 5.51. The normalized spacial score (nSPS) is 13.3. The number of nitrogens with zero attached hydrogens (tertiary/aromatic N) is 2. The van der Waals surface area contributed by atoms with Crippen LogP contribution in [0, 0.1) is 0 Å². The zero-order valence-corrected chi connectivity index (χ0v) is 12.5. The summed E-state index contributed by atoms with van der Waals surface area (Å²) in [5.74, 6) is 0.937. The van der Waals surface area contributed by atoms with E-state index in [9.17, 15) is 8.42 Å². The number of aryl methyl sites for hydroxylation is 1. The van der Waals surface area contributed by atoms with Crippen LogP contribution in [0.5, 0.6) is 0 Å². The monoisotopic (exact) mass is 293 g/mol. The average molecular weight is 293 g/mol. The van der Waals surface area contributed by atoms with E-state index in [4.69, 9.17) is 5.73 Å². The molecule has 1 heterocycles. The molecule has 5 nitrogen and oxygen atoms in total. The van der Waals surface area contributed by atoms with Gasteiger partial charge in [0.15, 0.2) is 9.84 Å². The number of nitrogens with two attached hydrogens (primary N) is 1. The lowest BCUT2D eigenvalue weighted by Gasteiger charge is -2.13. The molecule has 0 aliphatic rings. The van der Waals surface area contributed by atoms with Crippen LogP contribution < -0.4 is 5.73 Å². The Balaban J connectivity index is 2.16. The third-order valence-electron chi connectivity index (χ3n) is 3.28. The minimum absolute atomic E-state index is 0.198. The van der Waals surface area contributed by atoms with Gasteiger partial charge in [-0.25, -0.2) is 13.4 Å². The van der Waals surface area contributed by atoms with Gasteiger partial charge in [0.2, 0.25) is 0 Å². The van der Waals surface area contributed by atoms with Crippen molar-refractivity contribution >= 4 is 9.84 Å². The van der Waals surface area contributed by atoms with Crippen molar-refractivity contribution in [3.05, 3.63) is 48.0 Å². The van der Waals surface area contributed by atoms with Crippen molar-refractivity contribution in [2.24, 2.45) is 5.73 Å². The van der Waals surface area contributed by atoms with E-state index >= 15 is 0 Å². The summed E-state index contributed by atoms with van der Waals surface area (Å²) in [6.45, 7) is 2.91. The van der Waals surface area contributed by atoms with Crippen LogP contribution >= 0.6 is 0 Å². The van der Waals surface area contributed by atoms with Gasteiger partial charge in [0.1, 0.15) is 5.82 Å². The van der Waals surface area contributed by atoms with Crippen LogP contribution in [0.1, 0.15) is 24.4 Å². The Morgan fingerprint density at radius 2 is 1.95 bits per heavy atom. The third-order valence-corrected chi connectivity index (χ3v) is 4.41. The van der Waals surface area contributed by atoms with E-state index in [0.29, 0.717) is 11.3 Å². The number of sulfone groups is 1. The van der Waals surface area contributed by atoms with Crippen molar-refractivity contribution in [2.75, 3.05) is 6.26 Å². The van der Waals surface area contributed by atoms with Gasteiger partial charge in [0.05, 0.1) is 4.90 Å². The zero-order valence-electron chi connectivity index (χ0n) is 11.7. The summed E-state index contributed by atoms with van der Waals surface area (Å²) in [7, 11) is -3.16. The average Bonchev–Trinajstić information content (AvgIpc) is 2.85. The Kier molecular flexibility index (Phi) is 4.25. The summed E-state index contributed by atoms with van der Waals surface area (Å²) < 4.78 is 24.9. The van der Waals surface area contributed by atoms with Gasteiger partial charge in [-0.3, -0.25) is 0 Å². The molecule has 1 atom stereocenters. The van der Waals surface area contributed by atoms with Gasteiger partial charge in [-0.1, -0.05) is 12.1 Å². The van der Waals surface area contributed by atoms with Crippen molar-refractivity contribution in [3.8, 4) is 0 Å². The van der Waals surface area contributed by atoms with E-state index < -0.39 is 9.84 Å². The fourth-order valence-electron chi connectivity index (χ4n) is 2.09. The number of imidazole rings is 1. The van der Waals surface area contributed by atoms with E-state index in [1.54, 1.807) is 30.5 Å². The van der Waals surface area contributed by atoms with Crippen molar-refractivity contribution in [1.82, 2.24) is 9.55 Å². The summed E-state index contributed by atoms with van der Waals surface area (Å²) in [5, 5.41) is 0. The van der Waals surface area contributed by atoms with Crippen LogP contribution in [0.25, 0.3) is 0 Å². The molecule has 0 saturated carbocycles. The molecule has 0 fully saturated rings. The van der Waals surface area contributed by atoms with Gasteiger partial charge in [0.25, 0.3) is 0 Å². The second-order valence-corrected chi connectivity index (χ2v) is 6.80. The maximum absolute atomic E-state index is 11.4. The largest absolute Gasteiger partial charge is 0.335 e. The minimum Gasteiger partial charge on any atom is -0.335 e. The van der Waals surface area contributed by atoms with Crippen LogP contribution in [0.2, 0.25) is 0 Å². The highest BCUT2D eigenvalue weighted by atomic mass is 32.2. The molecule has 6 heteroatoms. The van der Waals surface area contributed by atoms with Crippen LogP contribution in [0.4, 0.5) is 0 Å². The van der Waals surface area contributed by atoms with E-state index in [-0.39, 0.29) is 6.04 Å². The predicted molar refractivity (Wildman–Crippen MR) is 78.1 cm³/mol. The molecule has 0 aliphatic heterocycles. The summed E-state index contributed by atoms with van der Waals surface area (Å²) >= 11 is 0.